The molecule has 0 spiro atoms. The van der Waals surface area contributed by atoms with Crippen LogP contribution < -0.4 is 10.6 Å². The van der Waals surface area contributed by atoms with Crippen LogP contribution in [-0.4, -0.2) is 54.0 Å². The number of rotatable bonds is 7. The van der Waals surface area contributed by atoms with E-state index < -0.39 is 0 Å². The van der Waals surface area contributed by atoms with Crippen LogP contribution in [-0.2, 0) is 11.2 Å². The zero-order chi connectivity index (χ0) is 18.2. The van der Waals surface area contributed by atoms with Crippen molar-refractivity contribution in [3.8, 4) is 0 Å². The third-order valence-electron chi connectivity index (χ3n) is 4.23. The predicted molar refractivity (Wildman–Crippen MR) is 120 cm³/mol. The van der Waals surface area contributed by atoms with E-state index in [4.69, 9.17) is 0 Å². The van der Waals surface area contributed by atoms with Crippen LogP contribution in [0.15, 0.2) is 10.4 Å². The molecule has 0 radical (unpaired) electrons. The standard InChI is InChI=1S/C18H31N5OS.HI/c1-5-16(24)23-10-8-14(11-23)22-18(19-6-2)20-9-7-15-12-25-17(21-15)13(3)4;/h12-14H,5-11H2,1-4H3,(H2,19,20,22);1H. The highest BCUT2D eigenvalue weighted by atomic mass is 127. The number of halogens is 1. The number of aliphatic imine (C=N–C) groups is 1. The molecule has 0 bridgehead atoms. The lowest BCUT2D eigenvalue weighted by Crippen LogP contribution is -2.45. The molecule has 6 nitrogen and oxygen atoms in total. The average molecular weight is 493 g/mol. The van der Waals surface area contributed by atoms with Crippen molar-refractivity contribution in [2.24, 2.45) is 4.99 Å². The molecule has 1 amide bonds. The summed E-state index contributed by atoms with van der Waals surface area (Å²) in [6.07, 6.45) is 2.40. The first-order valence-electron chi connectivity index (χ1n) is 9.30. The van der Waals surface area contributed by atoms with Gasteiger partial charge in [-0.25, -0.2) is 4.98 Å². The topological polar surface area (TPSA) is 69.6 Å². The summed E-state index contributed by atoms with van der Waals surface area (Å²) in [7, 11) is 0. The van der Waals surface area contributed by atoms with Crippen LogP contribution in [0.4, 0.5) is 0 Å². The molecular weight excluding hydrogens is 461 g/mol. The fourth-order valence-electron chi connectivity index (χ4n) is 2.83. The molecule has 26 heavy (non-hydrogen) atoms. The summed E-state index contributed by atoms with van der Waals surface area (Å²) in [4.78, 5) is 23.1. The molecule has 1 aromatic rings. The molecule has 0 saturated carbocycles. The van der Waals surface area contributed by atoms with E-state index in [1.807, 2.05) is 11.8 Å². The highest BCUT2D eigenvalue weighted by molar-refractivity contribution is 14.0. The maximum Gasteiger partial charge on any atom is 0.222 e. The van der Waals surface area contributed by atoms with Crippen molar-refractivity contribution < 1.29 is 4.79 Å². The number of carbonyl (C=O) groups is 1. The first-order chi connectivity index (χ1) is 12.0. The van der Waals surface area contributed by atoms with Crippen LogP contribution in [0.5, 0.6) is 0 Å². The van der Waals surface area contributed by atoms with Gasteiger partial charge in [-0.3, -0.25) is 9.79 Å². The maximum absolute atomic E-state index is 11.8. The SMILES string of the molecule is CCNC(=NCCc1csc(C(C)C)n1)NC1CCN(C(=O)CC)C1.I. The van der Waals surface area contributed by atoms with Gasteiger partial charge in [0.25, 0.3) is 0 Å². The number of hydrogen-bond acceptors (Lipinski definition) is 4. The van der Waals surface area contributed by atoms with Gasteiger partial charge < -0.3 is 15.5 Å². The van der Waals surface area contributed by atoms with Crippen LogP contribution in [0.1, 0.15) is 57.2 Å². The van der Waals surface area contributed by atoms with Gasteiger partial charge in [-0.15, -0.1) is 35.3 Å². The molecule has 8 heteroatoms. The van der Waals surface area contributed by atoms with Gasteiger partial charge in [0, 0.05) is 56.4 Å². The summed E-state index contributed by atoms with van der Waals surface area (Å²) in [5.74, 6) is 1.55. The molecule has 0 aromatic carbocycles. The Morgan fingerprint density at radius 1 is 1.46 bits per heavy atom. The van der Waals surface area contributed by atoms with Crippen molar-refractivity contribution in [3.05, 3.63) is 16.1 Å². The lowest BCUT2D eigenvalue weighted by molar-refractivity contribution is -0.129. The molecule has 1 fully saturated rings. The first kappa shape index (κ1) is 23.1. The summed E-state index contributed by atoms with van der Waals surface area (Å²) in [6.45, 7) is 11.4. The number of amides is 1. The van der Waals surface area contributed by atoms with Crippen LogP contribution in [0.25, 0.3) is 0 Å². The van der Waals surface area contributed by atoms with Crippen molar-refractivity contribution >= 4 is 47.2 Å². The second-order valence-electron chi connectivity index (χ2n) is 6.67. The first-order valence-corrected chi connectivity index (χ1v) is 10.2. The number of nitrogens with zero attached hydrogens (tertiary/aromatic N) is 3. The van der Waals surface area contributed by atoms with Crippen molar-refractivity contribution in [1.29, 1.82) is 0 Å². The average Bonchev–Trinajstić information content (AvgIpc) is 3.24. The maximum atomic E-state index is 11.8. The molecule has 1 atom stereocenters. The molecule has 1 aliphatic rings. The van der Waals surface area contributed by atoms with Crippen molar-refractivity contribution in [2.45, 2.75) is 58.9 Å². The minimum Gasteiger partial charge on any atom is -0.357 e. The summed E-state index contributed by atoms with van der Waals surface area (Å²) in [5.41, 5.74) is 1.12. The van der Waals surface area contributed by atoms with E-state index in [0.717, 1.165) is 44.1 Å². The molecular formula is C18H32IN5OS. The lowest BCUT2D eigenvalue weighted by Gasteiger charge is -2.18. The number of likely N-dealkylation sites (tertiary alicyclic amines) is 1. The summed E-state index contributed by atoms with van der Waals surface area (Å²) in [5, 5.41) is 10.1. The van der Waals surface area contributed by atoms with E-state index in [1.165, 1.54) is 5.01 Å². The van der Waals surface area contributed by atoms with Gasteiger partial charge in [-0.1, -0.05) is 20.8 Å². The van der Waals surface area contributed by atoms with Crippen molar-refractivity contribution in [2.75, 3.05) is 26.2 Å². The Morgan fingerprint density at radius 2 is 2.23 bits per heavy atom. The van der Waals surface area contributed by atoms with E-state index in [9.17, 15) is 4.79 Å². The summed E-state index contributed by atoms with van der Waals surface area (Å²) < 4.78 is 0. The predicted octanol–water partition coefficient (Wildman–Crippen LogP) is 2.99. The lowest BCUT2D eigenvalue weighted by atomic mass is 10.2. The Morgan fingerprint density at radius 3 is 2.85 bits per heavy atom. The Kier molecular flexibility index (Phi) is 10.4. The molecule has 1 saturated heterocycles. The van der Waals surface area contributed by atoms with E-state index in [2.05, 4.69) is 46.8 Å². The summed E-state index contributed by atoms with van der Waals surface area (Å²) in [6, 6.07) is 0.278. The largest absolute Gasteiger partial charge is 0.357 e. The zero-order valence-electron chi connectivity index (χ0n) is 16.2. The third kappa shape index (κ3) is 7.02. The van der Waals surface area contributed by atoms with Gasteiger partial charge >= 0.3 is 0 Å². The molecule has 2 N–H and O–H groups in total. The Hall–Kier alpha value is -0.900. The van der Waals surface area contributed by atoms with E-state index in [-0.39, 0.29) is 35.9 Å². The van der Waals surface area contributed by atoms with Gasteiger partial charge in [0.1, 0.15) is 0 Å². The summed E-state index contributed by atoms with van der Waals surface area (Å²) >= 11 is 1.73. The molecule has 0 aliphatic carbocycles. The van der Waals surface area contributed by atoms with Crippen LogP contribution in [0.2, 0.25) is 0 Å². The third-order valence-corrected chi connectivity index (χ3v) is 5.42. The molecule has 2 heterocycles. The molecule has 2 rings (SSSR count). The van der Waals surface area contributed by atoms with E-state index >= 15 is 0 Å². The van der Waals surface area contributed by atoms with Gasteiger partial charge in [0.15, 0.2) is 5.96 Å². The van der Waals surface area contributed by atoms with Crippen molar-refractivity contribution in [1.82, 2.24) is 20.5 Å². The Bertz CT molecular complexity index is 590. The quantitative estimate of drug-likeness (QED) is 0.348. The van der Waals surface area contributed by atoms with Crippen LogP contribution in [0, 0.1) is 0 Å². The second kappa shape index (κ2) is 11.7. The molecule has 1 aliphatic heterocycles. The van der Waals surface area contributed by atoms with Gasteiger partial charge in [-0.05, 0) is 13.3 Å². The number of carbonyl (C=O) groups excluding carboxylic acids is 1. The normalized spacial score (nSPS) is 17.3. The molecule has 148 valence electrons. The number of guanidine groups is 1. The van der Waals surface area contributed by atoms with Crippen LogP contribution >= 0.6 is 35.3 Å². The van der Waals surface area contributed by atoms with E-state index in [1.54, 1.807) is 11.3 Å². The fourth-order valence-corrected chi connectivity index (χ4v) is 3.70. The minimum atomic E-state index is 0. The second-order valence-corrected chi connectivity index (χ2v) is 7.56. The fraction of sp³-hybridized carbons (Fsp3) is 0.722. The molecule has 1 aromatic heterocycles. The Balaban J connectivity index is 0.00000338. The van der Waals surface area contributed by atoms with Gasteiger partial charge in [0.2, 0.25) is 5.91 Å². The van der Waals surface area contributed by atoms with Gasteiger partial charge in [0.05, 0.1) is 10.7 Å². The Labute approximate surface area is 178 Å². The smallest absolute Gasteiger partial charge is 0.222 e. The highest BCUT2D eigenvalue weighted by Crippen LogP contribution is 2.19. The van der Waals surface area contributed by atoms with Crippen molar-refractivity contribution in [3.63, 3.8) is 0 Å². The highest BCUT2D eigenvalue weighted by Gasteiger charge is 2.25. The number of thiazole rings is 1. The van der Waals surface area contributed by atoms with Gasteiger partial charge in [-0.2, -0.15) is 0 Å². The number of aromatic nitrogens is 1. The minimum absolute atomic E-state index is 0. The van der Waals surface area contributed by atoms with E-state index in [0.29, 0.717) is 18.9 Å². The number of hydrogen-bond donors (Lipinski definition) is 2. The number of nitrogens with one attached hydrogen (secondary N) is 2. The van der Waals surface area contributed by atoms with Crippen LogP contribution in [0.3, 0.4) is 0 Å². The monoisotopic (exact) mass is 493 g/mol. The zero-order valence-corrected chi connectivity index (χ0v) is 19.4. The molecule has 1 unspecified atom stereocenters.